The number of aryl methyl sites for hydroxylation is 2. The van der Waals surface area contributed by atoms with Gasteiger partial charge in [0.25, 0.3) is 0 Å². The predicted molar refractivity (Wildman–Crippen MR) is 99.0 cm³/mol. The summed E-state index contributed by atoms with van der Waals surface area (Å²) in [5.41, 5.74) is 4.85. The van der Waals surface area contributed by atoms with Crippen molar-refractivity contribution in [1.82, 2.24) is 0 Å². The van der Waals surface area contributed by atoms with Crippen LogP contribution in [0.3, 0.4) is 0 Å². The smallest absolute Gasteiger partial charge is 0.115 e. The van der Waals surface area contributed by atoms with Crippen LogP contribution in [0, 0.1) is 13.8 Å². The highest BCUT2D eigenvalue weighted by Crippen LogP contribution is 2.31. The fraction of sp³-hybridized carbons (Fsp3) is 0.455. The summed E-state index contributed by atoms with van der Waals surface area (Å²) in [5, 5.41) is 0. The summed E-state index contributed by atoms with van der Waals surface area (Å²) in [6.07, 6.45) is -0.143. The molecule has 0 bridgehead atoms. The van der Waals surface area contributed by atoms with E-state index in [1.165, 1.54) is 22.3 Å². The standard InChI is InChI=1S/C22H26O4/c1-15-3-7-17(8-4-15)11-23-19-13-25-22-20(14-26-21(19)22)24-12-18-9-5-16(2)6-10-18/h3-10,19-22H,11-14H2,1-2H3/t19-,20+,21-,22-/m1/s1. The third kappa shape index (κ3) is 3.99. The van der Waals surface area contributed by atoms with Gasteiger partial charge in [0.05, 0.1) is 26.4 Å². The van der Waals surface area contributed by atoms with Gasteiger partial charge in [-0.2, -0.15) is 0 Å². The van der Waals surface area contributed by atoms with Crippen LogP contribution >= 0.6 is 0 Å². The van der Waals surface area contributed by atoms with Crippen molar-refractivity contribution in [1.29, 1.82) is 0 Å². The maximum absolute atomic E-state index is 6.06. The zero-order valence-corrected chi connectivity index (χ0v) is 15.4. The van der Waals surface area contributed by atoms with E-state index in [0.29, 0.717) is 26.4 Å². The van der Waals surface area contributed by atoms with E-state index < -0.39 is 0 Å². The molecule has 0 aromatic heterocycles. The fourth-order valence-electron chi connectivity index (χ4n) is 3.49. The van der Waals surface area contributed by atoms with Gasteiger partial charge in [0.15, 0.2) is 0 Å². The van der Waals surface area contributed by atoms with E-state index in [1.807, 2.05) is 0 Å². The average Bonchev–Trinajstić information content (AvgIpc) is 3.23. The molecule has 0 saturated carbocycles. The number of hydrogen-bond donors (Lipinski definition) is 0. The molecule has 0 amide bonds. The summed E-state index contributed by atoms with van der Waals surface area (Å²) in [6, 6.07) is 16.8. The minimum atomic E-state index is -0.0385. The first-order valence-corrected chi connectivity index (χ1v) is 9.26. The van der Waals surface area contributed by atoms with E-state index in [-0.39, 0.29) is 24.4 Å². The summed E-state index contributed by atoms with van der Waals surface area (Å²) in [5.74, 6) is 0. The molecule has 4 rings (SSSR count). The largest absolute Gasteiger partial charge is 0.370 e. The van der Waals surface area contributed by atoms with Crippen LogP contribution in [-0.2, 0) is 32.2 Å². The van der Waals surface area contributed by atoms with E-state index in [0.717, 1.165) is 0 Å². The minimum Gasteiger partial charge on any atom is -0.370 e. The molecule has 2 aliphatic heterocycles. The fourth-order valence-corrected chi connectivity index (χ4v) is 3.49. The number of hydrogen-bond acceptors (Lipinski definition) is 4. The molecule has 0 N–H and O–H groups in total. The second-order valence-corrected chi connectivity index (χ2v) is 7.27. The van der Waals surface area contributed by atoms with Crippen LogP contribution in [-0.4, -0.2) is 37.6 Å². The van der Waals surface area contributed by atoms with Gasteiger partial charge in [-0.15, -0.1) is 0 Å². The molecule has 4 heteroatoms. The summed E-state index contributed by atoms with van der Waals surface area (Å²) < 4.78 is 24.0. The zero-order chi connectivity index (χ0) is 17.9. The van der Waals surface area contributed by atoms with Gasteiger partial charge in [-0.25, -0.2) is 0 Å². The molecule has 2 fully saturated rings. The Kier molecular flexibility index (Phi) is 5.36. The van der Waals surface area contributed by atoms with Crippen molar-refractivity contribution in [3.63, 3.8) is 0 Å². The maximum Gasteiger partial charge on any atom is 0.115 e. The molecule has 4 atom stereocenters. The molecule has 0 spiro atoms. The number of ether oxygens (including phenoxy) is 4. The molecule has 2 aliphatic rings. The van der Waals surface area contributed by atoms with Gasteiger partial charge in [-0.3, -0.25) is 0 Å². The molecule has 4 nitrogen and oxygen atoms in total. The monoisotopic (exact) mass is 354 g/mol. The number of benzene rings is 2. The number of rotatable bonds is 6. The molecule has 2 saturated heterocycles. The van der Waals surface area contributed by atoms with E-state index in [1.54, 1.807) is 0 Å². The van der Waals surface area contributed by atoms with Crippen LogP contribution in [0.1, 0.15) is 22.3 Å². The Morgan fingerprint density at radius 1 is 0.692 bits per heavy atom. The Morgan fingerprint density at radius 3 is 1.46 bits per heavy atom. The first kappa shape index (κ1) is 17.7. The second-order valence-electron chi connectivity index (χ2n) is 7.27. The molecule has 2 aromatic rings. The predicted octanol–water partition coefficient (Wildman–Crippen LogP) is 3.57. The molecular weight excluding hydrogens is 328 g/mol. The maximum atomic E-state index is 6.06. The van der Waals surface area contributed by atoms with Crippen molar-refractivity contribution in [3.05, 3.63) is 70.8 Å². The average molecular weight is 354 g/mol. The zero-order valence-electron chi connectivity index (χ0n) is 15.4. The molecular formula is C22H26O4. The van der Waals surface area contributed by atoms with Crippen molar-refractivity contribution in [2.45, 2.75) is 51.5 Å². The van der Waals surface area contributed by atoms with Crippen LogP contribution in [0.15, 0.2) is 48.5 Å². The first-order chi connectivity index (χ1) is 12.7. The van der Waals surface area contributed by atoms with Crippen LogP contribution < -0.4 is 0 Å². The van der Waals surface area contributed by atoms with Gasteiger partial charge in [0, 0.05) is 0 Å². The van der Waals surface area contributed by atoms with E-state index in [2.05, 4.69) is 62.4 Å². The first-order valence-electron chi connectivity index (χ1n) is 9.26. The van der Waals surface area contributed by atoms with Gasteiger partial charge >= 0.3 is 0 Å². The molecule has 2 heterocycles. The normalized spacial score (nSPS) is 27.6. The molecule has 0 radical (unpaired) electrons. The van der Waals surface area contributed by atoms with Gasteiger partial charge in [0.2, 0.25) is 0 Å². The second kappa shape index (κ2) is 7.89. The van der Waals surface area contributed by atoms with E-state index in [4.69, 9.17) is 18.9 Å². The van der Waals surface area contributed by atoms with Crippen molar-refractivity contribution in [2.75, 3.05) is 13.2 Å². The Bertz CT molecular complexity index is 646. The minimum absolute atomic E-state index is 0.0331. The van der Waals surface area contributed by atoms with Crippen LogP contribution in [0.5, 0.6) is 0 Å². The highest BCUT2D eigenvalue weighted by Gasteiger charge is 2.48. The lowest BCUT2D eigenvalue weighted by atomic mass is 10.1. The van der Waals surface area contributed by atoms with Crippen molar-refractivity contribution >= 4 is 0 Å². The SMILES string of the molecule is Cc1ccc(CO[C@H]2CO[C@H]3[C@@H]2OC[C@H]3OCc2ccc(C)cc2)cc1. The lowest BCUT2D eigenvalue weighted by molar-refractivity contribution is -0.0580. The lowest BCUT2D eigenvalue weighted by Crippen LogP contribution is -2.34. The van der Waals surface area contributed by atoms with Gasteiger partial charge in [-0.1, -0.05) is 59.7 Å². The highest BCUT2D eigenvalue weighted by atomic mass is 16.6. The summed E-state index contributed by atoms with van der Waals surface area (Å²) in [4.78, 5) is 0. The quantitative estimate of drug-likeness (QED) is 0.795. The van der Waals surface area contributed by atoms with Crippen molar-refractivity contribution in [2.24, 2.45) is 0 Å². The third-order valence-electron chi connectivity index (χ3n) is 5.13. The van der Waals surface area contributed by atoms with Crippen LogP contribution in [0.2, 0.25) is 0 Å². The van der Waals surface area contributed by atoms with E-state index in [9.17, 15) is 0 Å². The molecule has 26 heavy (non-hydrogen) atoms. The molecule has 2 aromatic carbocycles. The lowest BCUT2D eigenvalue weighted by Gasteiger charge is -2.17. The molecule has 0 aliphatic carbocycles. The molecule has 138 valence electrons. The van der Waals surface area contributed by atoms with Gasteiger partial charge < -0.3 is 18.9 Å². The van der Waals surface area contributed by atoms with Crippen molar-refractivity contribution < 1.29 is 18.9 Å². The third-order valence-corrected chi connectivity index (χ3v) is 5.13. The summed E-state index contributed by atoms with van der Waals surface area (Å²) in [7, 11) is 0. The van der Waals surface area contributed by atoms with Gasteiger partial charge in [0.1, 0.15) is 24.4 Å². The molecule has 0 unspecified atom stereocenters. The summed E-state index contributed by atoms with van der Waals surface area (Å²) in [6.45, 7) is 6.45. The van der Waals surface area contributed by atoms with Crippen LogP contribution in [0.25, 0.3) is 0 Å². The number of fused-ring (bicyclic) bond motifs is 1. The van der Waals surface area contributed by atoms with Crippen molar-refractivity contribution in [3.8, 4) is 0 Å². The Hall–Kier alpha value is -1.72. The summed E-state index contributed by atoms with van der Waals surface area (Å²) >= 11 is 0. The van der Waals surface area contributed by atoms with Gasteiger partial charge in [-0.05, 0) is 25.0 Å². The topological polar surface area (TPSA) is 36.9 Å². The van der Waals surface area contributed by atoms with Crippen LogP contribution in [0.4, 0.5) is 0 Å². The Morgan fingerprint density at radius 2 is 1.08 bits per heavy atom. The van der Waals surface area contributed by atoms with E-state index >= 15 is 0 Å². The Balaban J connectivity index is 1.28. The Labute approximate surface area is 155 Å². The highest BCUT2D eigenvalue weighted by molar-refractivity contribution is 5.21.